The Kier molecular flexibility index (Phi) is 3.68. The second kappa shape index (κ2) is 5.69. The van der Waals surface area contributed by atoms with Gasteiger partial charge in [0, 0.05) is 24.1 Å². The minimum atomic E-state index is -1.27. The van der Waals surface area contributed by atoms with Crippen molar-refractivity contribution in [1.29, 1.82) is 0 Å². The van der Waals surface area contributed by atoms with E-state index in [4.69, 9.17) is 4.74 Å². The maximum atomic E-state index is 12.8. The Bertz CT molecular complexity index is 806. The summed E-state index contributed by atoms with van der Waals surface area (Å²) in [5.41, 5.74) is -0.672. The number of carbonyl (C=O) groups excluding carboxylic acids is 1. The minimum absolute atomic E-state index is 0.00194. The van der Waals surface area contributed by atoms with Gasteiger partial charge in [0.2, 0.25) is 0 Å². The zero-order valence-electron chi connectivity index (χ0n) is 15.6. The monoisotopic (exact) mass is 373 g/mol. The van der Waals surface area contributed by atoms with Gasteiger partial charge in [-0.15, -0.1) is 0 Å². The molecule has 0 amide bonds. The van der Waals surface area contributed by atoms with Crippen LogP contribution in [-0.2, 0) is 16.6 Å². The van der Waals surface area contributed by atoms with Crippen molar-refractivity contribution in [3.05, 3.63) is 23.3 Å². The van der Waals surface area contributed by atoms with Gasteiger partial charge in [-0.2, -0.15) is 5.06 Å². The summed E-state index contributed by atoms with van der Waals surface area (Å²) in [7, 11) is 0. The predicted octanol–water partition coefficient (Wildman–Crippen LogP) is 2.31. The van der Waals surface area contributed by atoms with E-state index in [2.05, 4.69) is 0 Å². The van der Waals surface area contributed by atoms with E-state index in [-0.39, 0.29) is 18.0 Å². The third-order valence-electron chi connectivity index (χ3n) is 7.30. The number of benzene rings is 1. The number of ketones is 1. The Morgan fingerprint density at radius 1 is 1.33 bits per heavy atom. The maximum Gasteiger partial charge on any atom is 0.174 e. The first-order valence-electron chi connectivity index (χ1n) is 10.1. The Morgan fingerprint density at radius 3 is 2.81 bits per heavy atom. The van der Waals surface area contributed by atoms with E-state index in [0.29, 0.717) is 43.0 Å². The molecule has 1 aromatic carbocycles. The Labute approximate surface area is 158 Å². The van der Waals surface area contributed by atoms with Crippen LogP contribution < -0.4 is 4.74 Å². The van der Waals surface area contributed by atoms with E-state index in [1.807, 2.05) is 6.92 Å². The minimum Gasteiger partial charge on any atom is -0.508 e. The summed E-state index contributed by atoms with van der Waals surface area (Å²) in [6.07, 6.45) is 3.70. The Balaban J connectivity index is 1.72. The van der Waals surface area contributed by atoms with Crippen LogP contribution in [0.4, 0.5) is 0 Å². The van der Waals surface area contributed by atoms with Crippen LogP contribution in [0, 0.1) is 5.92 Å². The molecule has 3 aliphatic carbocycles. The van der Waals surface area contributed by atoms with Crippen molar-refractivity contribution in [2.45, 2.75) is 75.0 Å². The number of phenols is 1. The van der Waals surface area contributed by atoms with Gasteiger partial charge in [-0.25, -0.2) is 0 Å². The van der Waals surface area contributed by atoms with Crippen molar-refractivity contribution in [3.8, 4) is 11.5 Å². The van der Waals surface area contributed by atoms with E-state index in [1.54, 1.807) is 12.1 Å². The highest BCUT2D eigenvalue weighted by atomic mass is 16.5. The molecule has 2 fully saturated rings. The van der Waals surface area contributed by atoms with E-state index in [9.17, 15) is 20.2 Å². The van der Waals surface area contributed by atoms with Gasteiger partial charge in [0.25, 0.3) is 0 Å². The molecule has 1 aliphatic heterocycles. The summed E-state index contributed by atoms with van der Waals surface area (Å²) in [6.45, 7) is 2.55. The first-order valence-corrected chi connectivity index (χ1v) is 10.1. The summed E-state index contributed by atoms with van der Waals surface area (Å²) in [4.78, 5) is 12.8. The molecule has 0 bridgehead atoms. The lowest BCUT2D eigenvalue weighted by Crippen LogP contribution is -2.72. The fourth-order valence-corrected chi connectivity index (χ4v) is 5.96. The Hall–Kier alpha value is -1.63. The lowest BCUT2D eigenvalue weighted by molar-refractivity contribution is -0.229. The molecule has 0 saturated heterocycles. The number of nitrogens with zero attached hydrogens (tertiary/aromatic N) is 1. The molecule has 2 saturated carbocycles. The topological polar surface area (TPSA) is 90.2 Å². The van der Waals surface area contributed by atoms with E-state index in [1.165, 1.54) is 5.06 Å². The fraction of sp³-hybridized carbons (Fsp3) is 0.667. The molecule has 27 heavy (non-hydrogen) atoms. The van der Waals surface area contributed by atoms with Crippen molar-refractivity contribution in [2.75, 3.05) is 6.54 Å². The van der Waals surface area contributed by atoms with Gasteiger partial charge in [-0.3, -0.25) is 4.79 Å². The average Bonchev–Trinajstić information content (AvgIpc) is 3.38. The predicted molar refractivity (Wildman–Crippen MR) is 97.0 cm³/mol. The van der Waals surface area contributed by atoms with E-state index < -0.39 is 23.2 Å². The van der Waals surface area contributed by atoms with Crippen molar-refractivity contribution in [2.24, 2.45) is 5.92 Å². The van der Waals surface area contributed by atoms with Gasteiger partial charge in [-0.1, -0.05) is 13.3 Å². The molecule has 0 radical (unpaired) electrons. The highest BCUT2D eigenvalue weighted by Gasteiger charge is 2.71. The van der Waals surface area contributed by atoms with E-state index in [0.717, 1.165) is 24.8 Å². The van der Waals surface area contributed by atoms with Crippen LogP contribution in [0.25, 0.3) is 0 Å². The van der Waals surface area contributed by atoms with Crippen LogP contribution in [-0.4, -0.2) is 50.6 Å². The number of phenolic OH excluding ortho intramolecular Hbond substituents is 1. The summed E-state index contributed by atoms with van der Waals surface area (Å²) in [6, 6.07) is 2.74. The smallest absolute Gasteiger partial charge is 0.174 e. The van der Waals surface area contributed by atoms with Crippen LogP contribution in [0.3, 0.4) is 0 Å². The number of carbonyl (C=O) groups is 1. The second-order valence-electron chi connectivity index (χ2n) is 8.83. The van der Waals surface area contributed by atoms with Crippen LogP contribution in [0.5, 0.6) is 11.5 Å². The van der Waals surface area contributed by atoms with Crippen LogP contribution >= 0.6 is 0 Å². The molecule has 1 heterocycles. The van der Waals surface area contributed by atoms with Gasteiger partial charge in [0.15, 0.2) is 11.9 Å². The lowest BCUT2D eigenvalue weighted by Gasteiger charge is -2.57. The number of hydroxylamine groups is 2. The van der Waals surface area contributed by atoms with Gasteiger partial charge >= 0.3 is 0 Å². The summed E-state index contributed by atoms with van der Waals surface area (Å²) in [5, 5.41) is 34.9. The van der Waals surface area contributed by atoms with Gasteiger partial charge in [-0.05, 0) is 50.2 Å². The molecule has 3 N–H and O–H groups in total. The zero-order chi connectivity index (χ0) is 19.0. The van der Waals surface area contributed by atoms with Crippen LogP contribution in [0.15, 0.2) is 12.1 Å². The average molecular weight is 373 g/mol. The molecule has 4 atom stereocenters. The summed E-state index contributed by atoms with van der Waals surface area (Å²) in [5.74, 6) is 1.21. The summed E-state index contributed by atoms with van der Waals surface area (Å²) < 4.78 is 6.09. The number of hydrogen-bond donors (Lipinski definition) is 3. The number of aliphatic hydroxyl groups is 1. The quantitative estimate of drug-likeness (QED) is 0.686. The molecule has 6 nitrogen and oxygen atoms in total. The SMILES string of the molecule is CCC[C@@]12c3c4ccc(O)c3CC(N(O)CC3CC3)C1(O)CCC(=O)C2O4. The van der Waals surface area contributed by atoms with Gasteiger partial charge < -0.3 is 20.2 Å². The molecular formula is C21H27NO5. The number of Topliss-reactive ketones (excluding diaryl/α,β-unsaturated/α-hetero) is 1. The third kappa shape index (κ3) is 2.15. The first-order chi connectivity index (χ1) is 12.9. The number of aromatic hydroxyl groups is 1. The largest absolute Gasteiger partial charge is 0.508 e. The highest BCUT2D eigenvalue weighted by Crippen LogP contribution is 2.63. The second-order valence-corrected chi connectivity index (χ2v) is 8.83. The number of rotatable bonds is 5. The van der Waals surface area contributed by atoms with Gasteiger partial charge in [0.1, 0.15) is 11.5 Å². The van der Waals surface area contributed by atoms with Crippen molar-refractivity contribution in [1.82, 2.24) is 5.06 Å². The summed E-state index contributed by atoms with van der Waals surface area (Å²) >= 11 is 0. The van der Waals surface area contributed by atoms with Gasteiger partial charge in [0.05, 0.1) is 17.1 Å². The molecule has 6 heteroatoms. The van der Waals surface area contributed by atoms with Crippen LogP contribution in [0.1, 0.15) is 56.6 Å². The van der Waals surface area contributed by atoms with E-state index >= 15 is 0 Å². The molecule has 3 unspecified atom stereocenters. The van der Waals surface area contributed by atoms with Crippen molar-refractivity contribution >= 4 is 5.78 Å². The molecular weight excluding hydrogens is 346 g/mol. The van der Waals surface area contributed by atoms with Crippen molar-refractivity contribution < 1.29 is 25.0 Å². The fourth-order valence-electron chi connectivity index (χ4n) is 5.96. The molecule has 5 rings (SSSR count). The standard InChI is InChI=1S/C21H27NO5/c1-2-8-20-18-13-10-17(22(26)11-12-3-4-12)21(20,25)9-7-15(24)19(20)27-16(18)6-5-14(13)23/h5-6,12,17,19,23,25-26H,2-4,7-11H2,1H3/t17?,19?,20-,21?/m0/s1. The molecule has 4 aliphatic rings. The zero-order valence-corrected chi connectivity index (χ0v) is 15.6. The maximum absolute atomic E-state index is 12.8. The first kappa shape index (κ1) is 17.5. The lowest BCUT2D eigenvalue weighted by atomic mass is 9.50. The normalized spacial score (nSPS) is 36.7. The van der Waals surface area contributed by atoms with Crippen LogP contribution in [0.2, 0.25) is 0 Å². The molecule has 1 aromatic rings. The number of ether oxygens (including phenoxy) is 1. The van der Waals surface area contributed by atoms with Crippen molar-refractivity contribution in [3.63, 3.8) is 0 Å². The molecule has 146 valence electrons. The Morgan fingerprint density at radius 2 is 2.11 bits per heavy atom. The molecule has 0 spiro atoms. The number of hydrogen-bond acceptors (Lipinski definition) is 6. The molecule has 0 aromatic heterocycles. The third-order valence-corrected chi connectivity index (χ3v) is 7.30. The highest BCUT2D eigenvalue weighted by molar-refractivity contribution is 5.89.